The molecule has 1 saturated heterocycles. The maximum absolute atomic E-state index is 12.2. The monoisotopic (exact) mass is 307 g/mol. The van der Waals surface area contributed by atoms with Gasteiger partial charge in [-0.15, -0.1) is 22.7 Å². The number of nitrogens with zero attached hydrogens (tertiary/aromatic N) is 2. The smallest absolute Gasteiger partial charge is 0.228 e. The molecule has 4 nitrogen and oxygen atoms in total. The molecule has 20 heavy (non-hydrogen) atoms. The zero-order valence-electron chi connectivity index (χ0n) is 11.1. The van der Waals surface area contributed by atoms with Crippen LogP contribution in [0.4, 0.5) is 0 Å². The van der Waals surface area contributed by atoms with Gasteiger partial charge in [0.2, 0.25) is 5.91 Å². The van der Waals surface area contributed by atoms with Crippen molar-refractivity contribution in [3.63, 3.8) is 0 Å². The van der Waals surface area contributed by atoms with Crippen LogP contribution in [0.3, 0.4) is 0 Å². The van der Waals surface area contributed by atoms with Gasteiger partial charge in [-0.3, -0.25) is 4.79 Å². The standard InChI is InChI=1S/C14H17N3OS2/c15-10-3-5-17(6-4-10)13(18)8-11-9-20-14(16-11)12-2-1-7-19-12/h1-2,7,9-10H,3-6,8,15H2. The fourth-order valence-electron chi connectivity index (χ4n) is 2.32. The molecule has 0 radical (unpaired) electrons. The van der Waals surface area contributed by atoms with Crippen molar-refractivity contribution in [1.29, 1.82) is 0 Å². The van der Waals surface area contributed by atoms with Gasteiger partial charge in [0.15, 0.2) is 0 Å². The Bertz CT molecular complexity index is 571. The number of likely N-dealkylation sites (tertiary alicyclic amines) is 1. The molecule has 1 aliphatic rings. The van der Waals surface area contributed by atoms with Gasteiger partial charge in [0, 0.05) is 24.5 Å². The van der Waals surface area contributed by atoms with Gasteiger partial charge in [-0.25, -0.2) is 4.98 Å². The van der Waals surface area contributed by atoms with Gasteiger partial charge in [0.25, 0.3) is 0 Å². The maximum Gasteiger partial charge on any atom is 0.228 e. The summed E-state index contributed by atoms with van der Waals surface area (Å²) in [6.07, 6.45) is 2.21. The van der Waals surface area contributed by atoms with Crippen LogP contribution in [0.2, 0.25) is 0 Å². The molecule has 0 unspecified atom stereocenters. The average Bonchev–Trinajstić information content (AvgIpc) is 3.09. The summed E-state index contributed by atoms with van der Waals surface area (Å²) in [6.45, 7) is 1.56. The van der Waals surface area contributed by atoms with E-state index in [1.165, 1.54) is 0 Å². The SMILES string of the molecule is NC1CCN(C(=O)Cc2csc(-c3cccs3)n2)CC1. The second kappa shape index (κ2) is 6.03. The number of piperidine rings is 1. The Morgan fingerprint density at radius 3 is 2.90 bits per heavy atom. The molecule has 106 valence electrons. The molecule has 0 aliphatic carbocycles. The Hall–Kier alpha value is -1.24. The molecule has 1 fully saturated rings. The van der Waals surface area contributed by atoms with Gasteiger partial charge in [0.1, 0.15) is 5.01 Å². The number of hydrogen-bond acceptors (Lipinski definition) is 5. The molecule has 0 bridgehead atoms. The molecule has 0 aromatic carbocycles. The fourth-order valence-corrected chi connectivity index (χ4v) is 3.95. The first-order valence-electron chi connectivity index (χ1n) is 6.74. The second-order valence-electron chi connectivity index (χ2n) is 5.02. The van der Waals surface area contributed by atoms with E-state index in [1.54, 1.807) is 22.7 Å². The third-order valence-electron chi connectivity index (χ3n) is 3.51. The van der Waals surface area contributed by atoms with Crippen molar-refractivity contribution in [2.75, 3.05) is 13.1 Å². The number of amides is 1. The summed E-state index contributed by atoms with van der Waals surface area (Å²) in [7, 11) is 0. The Morgan fingerprint density at radius 2 is 2.20 bits per heavy atom. The molecule has 0 spiro atoms. The van der Waals surface area contributed by atoms with Crippen LogP contribution in [-0.2, 0) is 11.2 Å². The third kappa shape index (κ3) is 3.08. The van der Waals surface area contributed by atoms with E-state index in [9.17, 15) is 4.79 Å². The Balaban J connectivity index is 1.62. The van der Waals surface area contributed by atoms with E-state index in [2.05, 4.69) is 11.1 Å². The van der Waals surface area contributed by atoms with E-state index >= 15 is 0 Å². The highest BCUT2D eigenvalue weighted by molar-refractivity contribution is 7.20. The zero-order valence-corrected chi connectivity index (χ0v) is 12.8. The number of carbonyl (C=O) groups is 1. The van der Waals surface area contributed by atoms with Crippen molar-refractivity contribution in [3.05, 3.63) is 28.6 Å². The van der Waals surface area contributed by atoms with Crippen molar-refractivity contribution < 1.29 is 4.79 Å². The highest BCUT2D eigenvalue weighted by Crippen LogP contribution is 2.28. The van der Waals surface area contributed by atoms with Crippen LogP contribution < -0.4 is 5.73 Å². The lowest BCUT2D eigenvalue weighted by molar-refractivity contribution is -0.131. The lowest BCUT2D eigenvalue weighted by Crippen LogP contribution is -2.43. The van der Waals surface area contributed by atoms with Crippen molar-refractivity contribution in [2.45, 2.75) is 25.3 Å². The predicted molar refractivity (Wildman–Crippen MR) is 82.9 cm³/mol. The van der Waals surface area contributed by atoms with Gasteiger partial charge in [-0.1, -0.05) is 6.07 Å². The van der Waals surface area contributed by atoms with Gasteiger partial charge >= 0.3 is 0 Å². The molecule has 3 rings (SSSR count). The fraction of sp³-hybridized carbons (Fsp3) is 0.429. The molecule has 2 N–H and O–H groups in total. The van der Waals surface area contributed by atoms with Crippen LogP contribution in [0.15, 0.2) is 22.9 Å². The van der Waals surface area contributed by atoms with E-state index in [0.717, 1.165) is 41.5 Å². The Labute approximate surface area is 126 Å². The zero-order chi connectivity index (χ0) is 13.9. The molecule has 1 aliphatic heterocycles. The van der Waals surface area contributed by atoms with Crippen LogP contribution in [0.25, 0.3) is 9.88 Å². The van der Waals surface area contributed by atoms with E-state index < -0.39 is 0 Å². The number of nitrogens with two attached hydrogens (primary N) is 1. The Morgan fingerprint density at radius 1 is 1.40 bits per heavy atom. The van der Waals surface area contributed by atoms with E-state index in [1.807, 2.05) is 21.7 Å². The number of thiophene rings is 1. The number of hydrogen-bond donors (Lipinski definition) is 1. The third-order valence-corrected chi connectivity index (χ3v) is 5.44. The maximum atomic E-state index is 12.2. The molecule has 3 heterocycles. The van der Waals surface area contributed by atoms with Gasteiger partial charge in [-0.2, -0.15) is 0 Å². The summed E-state index contributed by atoms with van der Waals surface area (Å²) in [4.78, 5) is 19.9. The van der Waals surface area contributed by atoms with Crippen LogP contribution >= 0.6 is 22.7 Å². The van der Waals surface area contributed by atoms with Crippen molar-refractivity contribution in [1.82, 2.24) is 9.88 Å². The van der Waals surface area contributed by atoms with Crippen LogP contribution in [-0.4, -0.2) is 34.9 Å². The Kier molecular flexibility index (Phi) is 4.14. The second-order valence-corrected chi connectivity index (χ2v) is 6.82. The molecule has 0 saturated carbocycles. The molecular weight excluding hydrogens is 290 g/mol. The quantitative estimate of drug-likeness (QED) is 0.947. The van der Waals surface area contributed by atoms with Crippen molar-refractivity contribution in [3.8, 4) is 9.88 Å². The van der Waals surface area contributed by atoms with Crippen LogP contribution in [0, 0.1) is 0 Å². The molecule has 6 heteroatoms. The molecule has 2 aromatic heterocycles. The van der Waals surface area contributed by atoms with Gasteiger partial charge < -0.3 is 10.6 Å². The lowest BCUT2D eigenvalue weighted by Gasteiger charge is -2.30. The average molecular weight is 307 g/mol. The van der Waals surface area contributed by atoms with E-state index in [0.29, 0.717) is 6.42 Å². The topological polar surface area (TPSA) is 59.2 Å². The number of carbonyl (C=O) groups excluding carboxylic acids is 1. The highest BCUT2D eigenvalue weighted by Gasteiger charge is 2.21. The first-order chi connectivity index (χ1) is 9.72. The minimum atomic E-state index is 0.167. The first kappa shape index (κ1) is 13.7. The largest absolute Gasteiger partial charge is 0.342 e. The summed E-state index contributed by atoms with van der Waals surface area (Å²) in [6, 6.07) is 4.33. The van der Waals surface area contributed by atoms with Crippen LogP contribution in [0.5, 0.6) is 0 Å². The summed E-state index contributed by atoms with van der Waals surface area (Å²) in [5.41, 5.74) is 6.73. The van der Waals surface area contributed by atoms with Crippen LogP contribution in [0.1, 0.15) is 18.5 Å². The molecular formula is C14H17N3OS2. The number of aromatic nitrogens is 1. The van der Waals surface area contributed by atoms with Crippen molar-refractivity contribution >= 4 is 28.6 Å². The van der Waals surface area contributed by atoms with E-state index in [4.69, 9.17) is 5.73 Å². The minimum absolute atomic E-state index is 0.167. The highest BCUT2D eigenvalue weighted by atomic mass is 32.1. The predicted octanol–water partition coefficient (Wildman–Crippen LogP) is 2.36. The van der Waals surface area contributed by atoms with Crippen molar-refractivity contribution in [2.24, 2.45) is 5.73 Å². The van der Waals surface area contributed by atoms with Gasteiger partial charge in [0.05, 0.1) is 17.0 Å². The normalized spacial score (nSPS) is 16.6. The molecule has 0 atom stereocenters. The summed E-state index contributed by atoms with van der Waals surface area (Å²) in [5.74, 6) is 0.167. The summed E-state index contributed by atoms with van der Waals surface area (Å²) >= 11 is 3.28. The summed E-state index contributed by atoms with van der Waals surface area (Å²) < 4.78 is 0. The lowest BCUT2D eigenvalue weighted by atomic mass is 10.1. The number of thiazole rings is 1. The number of rotatable bonds is 3. The first-order valence-corrected chi connectivity index (χ1v) is 8.50. The van der Waals surface area contributed by atoms with E-state index in [-0.39, 0.29) is 11.9 Å². The molecule has 1 amide bonds. The molecule has 2 aromatic rings. The van der Waals surface area contributed by atoms with Gasteiger partial charge in [-0.05, 0) is 24.3 Å². The minimum Gasteiger partial charge on any atom is -0.342 e. The summed E-state index contributed by atoms with van der Waals surface area (Å²) in [5, 5.41) is 5.03.